The van der Waals surface area contributed by atoms with Crippen molar-refractivity contribution < 1.29 is 23.6 Å². The van der Waals surface area contributed by atoms with Gasteiger partial charge in [-0.1, -0.05) is 71.4 Å². The van der Waals surface area contributed by atoms with Crippen LogP contribution in [0.3, 0.4) is 0 Å². The van der Waals surface area contributed by atoms with Gasteiger partial charge in [0.15, 0.2) is 0 Å². The standard InChI is InChI=1S/C33H52BN3O5/c1-5-6-7-8-9-10-11-18-36(22-24-14-16-26(40-4)17-15-24)32(39)37-19-12-13-28(37)31(38)35-23-34-41-29-21-25-20-27(30(29)42-34)33(25,2)3/h14-17,25,27-30H,5-13,18-23H2,1-4H3,(H,35,38)/t25?,27?,28-,29?,30?/m0/s1. The summed E-state index contributed by atoms with van der Waals surface area (Å²) in [7, 11) is 1.25. The Labute approximate surface area is 253 Å². The summed E-state index contributed by atoms with van der Waals surface area (Å²) >= 11 is 0. The summed E-state index contributed by atoms with van der Waals surface area (Å²) in [5.41, 5.74) is 1.38. The van der Waals surface area contributed by atoms with E-state index < -0.39 is 13.2 Å². The molecule has 9 heteroatoms. The molecule has 3 saturated carbocycles. The second kappa shape index (κ2) is 14.0. The van der Waals surface area contributed by atoms with Crippen molar-refractivity contribution in [2.75, 3.05) is 26.6 Å². The number of carbonyl (C=O) groups excluding carboxylic acids is 2. The van der Waals surface area contributed by atoms with E-state index in [1.807, 2.05) is 29.2 Å². The maximum atomic E-state index is 13.9. The molecule has 0 aromatic heterocycles. The Kier molecular flexibility index (Phi) is 10.4. The zero-order valence-corrected chi connectivity index (χ0v) is 26.3. The Balaban J connectivity index is 1.15. The van der Waals surface area contributed by atoms with Crippen molar-refractivity contribution in [2.45, 2.75) is 116 Å². The zero-order chi connectivity index (χ0) is 29.7. The third kappa shape index (κ3) is 6.93. The number of methoxy groups -OCH3 is 1. The van der Waals surface area contributed by atoms with Crippen LogP contribution in [0, 0.1) is 17.3 Å². The maximum absolute atomic E-state index is 13.9. The summed E-state index contributed by atoms with van der Waals surface area (Å²) in [5, 5.41) is 3.07. The third-order valence-corrected chi connectivity index (χ3v) is 10.5. The number of likely N-dealkylation sites (tertiary alicyclic amines) is 1. The molecule has 1 N–H and O–H groups in total. The van der Waals surface area contributed by atoms with Crippen LogP contribution in [-0.4, -0.2) is 73.7 Å². The predicted octanol–water partition coefficient (Wildman–Crippen LogP) is 5.83. The monoisotopic (exact) mass is 581 g/mol. The summed E-state index contributed by atoms with van der Waals surface area (Å²) < 4.78 is 17.8. The molecule has 0 spiro atoms. The average Bonchev–Trinajstić information content (AvgIpc) is 3.66. The van der Waals surface area contributed by atoms with E-state index in [1.165, 1.54) is 38.5 Å². The zero-order valence-electron chi connectivity index (χ0n) is 26.3. The van der Waals surface area contributed by atoms with Gasteiger partial charge in [0, 0.05) is 19.6 Å². The van der Waals surface area contributed by atoms with Gasteiger partial charge in [-0.3, -0.25) is 4.79 Å². The Morgan fingerprint density at radius 2 is 1.81 bits per heavy atom. The molecule has 232 valence electrons. The van der Waals surface area contributed by atoms with Crippen LogP contribution in [0.1, 0.15) is 97.0 Å². The van der Waals surface area contributed by atoms with Gasteiger partial charge in [-0.25, -0.2) is 4.79 Å². The van der Waals surface area contributed by atoms with E-state index in [-0.39, 0.29) is 24.1 Å². The number of hydrogen-bond donors (Lipinski definition) is 1. The van der Waals surface area contributed by atoms with E-state index in [1.54, 1.807) is 12.0 Å². The molecule has 2 bridgehead atoms. The van der Waals surface area contributed by atoms with Crippen molar-refractivity contribution in [3.63, 3.8) is 0 Å². The second-order valence-electron chi connectivity index (χ2n) is 13.6. The van der Waals surface area contributed by atoms with Crippen LogP contribution in [0.5, 0.6) is 5.75 Å². The Morgan fingerprint density at radius 1 is 1.07 bits per heavy atom. The first kappa shape index (κ1) is 31.2. The first-order valence-electron chi connectivity index (χ1n) is 16.6. The lowest BCUT2D eigenvalue weighted by Crippen LogP contribution is -2.59. The third-order valence-electron chi connectivity index (χ3n) is 10.5. The van der Waals surface area contributed by atoms with Crippen molar-refractivity contribution in [3.05, 3.63) is 29.8 Å². The number of amides is 3. The van der Waals surface area contributed by atoms with Gasteiger partial charge in [0.25, 0.3) is 0 Å². The number of nitrogens with one attached hydrogen (secondary N) is 1. The van der Waals surface area contributed by atoms with Crippen molar-refractivity contribution in [2.24, 2.45) is 17.3 Å². The maximum Gasteiger partial charge on any atom is 0.478 e. The van der Waals surface area contributed by atoms with Crippen LogP contribution in [0.25, 0.3) is 0 Å². The molecule has 5 atom stereocenters. The molecular formula is C33H52BN3O5. The molecule has 3 aliphatic carbocycles. The van der Waals surface area contributed by atoms with Gasteiger partial charge in [0.1, 0.15) is 11.8 Å². The lowest BCUT2D eigenvalue weighted by molar-refractivity contribution is -0.150. The quantitative estimate of drug-likeness (QED) is 0.221. The fraction of sp³-hybridized carbons (Fsp3) is 0.758. The number of unbranched alkanes of at least 4 members (excludes halogenated alkanes) is 6. The molecule has 42 heavy (non-hydrogen) atoms. The van der Waals surface area contributed by atoms with Gasteiger partial charge in [0.2, 0.25) is 5.91 Å². The first-order chi connectivity index (χ1) is 20.3. The number of nitrogens with zero attached hydrogens (tertiary/aromatic N) is 2. The highest BCUT2D eigenvalue weighted by atomic mass is 16.7. The topological polar surface area (TPSA) is 80.3 Å². The molecule has 2 aliphatic heterocycles. The van der Waals surface area contributed by atoms with Gasteiger partial charge >= 0.3 is 13.1 Å². The largest absolute Gasteiger partial charge is 0.497 e. The minimum absolute atomic E-state index is 0.0455. The van der Waals surface area contributed by atoms with Crippen LogP contribution in [0.2, 0.25) is 0 Å². The SMILES string of the molecule is CCCCCCCCCN(Cc1ccc(OC)cc1)C(=O)N1CCC[C@H]1C(=O)NCB1OC2CC3CC(C2O1)C3(C)C. The van der Waals surface area contributed by atoms with Crippen molar-refractivity contribution >= 4 is 19.1 Å². The summed E-state index contributed by atoms with van der Waals surface area (Å²) in [6, 6.07) is 7.40. The van der Waals surface area contributed by atoms with Gasteiger partial charge in [-0.2, -0.15) is 0 Å². The van der Waals surface area contributed by atoms with E-state index >= 15 is 0 Å². The first-order valence-corrected chi connectivity index (χ1v) is 16.6. The minimum atomic E-state index is -0.458. The van der Waals surface area contributed by atoms with E-state index in [4.69, 9.17) is 14.0 Å². The lowest BCUT2D eigenvalue weighted by Gasteiger charge is -2.60. The lowest BCUT2D eigenvalue weighted by atomic mass is 9.47. The molecule has 8 nitrogen and oxygen atoms in total. The van der Waals surface area contributed by atoms with Gasteiger partial charge < -0.3 is 29.2 Å². The van der Waals surface area contributed by atoms with Crippen molar-refractivity contribution in [1.82, 2.24) is 15.1 Å². The van der Waals surface area contributed by atoms with Crippen LogP contribution >= 0.6 is 0 Å². The summed E-state index contributed by atoms with van der Waals surface area (Å²) in [6.07, 6.45) is 12.7. The number of ether oxygens (including phenoxy) is 1. The molecule has 6 rings (SSSR count). The van der Waals surface area contributed by atoms with E-state index in [2.05, 4.69) is 26.1 Å². The Hall–Kier alpha value is -2.26. The summed E-state index contributed by atoms with van der Waals surface area (Å²) in [6.45, 7) is 8.74. The molecule has 0 radical (unpaired) electrons. The van der Waals surface area contributed by atoms with E-state index in [9.17, 15) is 9.59 Å². The molecule has 5 aliphatic rings. The molecular weight excluding hydrogens is 529 g/mol. The number of rotatable bonds is 14. The minimum Gasteiger partial charge on any atom is -0.497 e. The molecule has 2 heterocycles. The molecule has 1 aromatic carbocycles. The number of urea groups is 1. The highest BCUT2D eigenvalue weighted by Crippen LogP contribution is 2.61. The highest BCUT2D eigenvalue weighted by molar-refractivity contribution is 6.45. The van der Waals surface area contributed by atoms with Gasteiger partial charge in [0.05, 0.1) is 25.8 Å². The number of benzene rings is 1. The summed E-state index contributed by atoms with van der Waals surface area (Å²) in [5.74, 6) is 1.95. The second-order valence-corrected chi connectivity index (χ2v) is 13.6. The molecule has 4 unspecified atom stereocenters. The van der Waals surface area contributed by atoms with E-state index in [0.29, 0.717) is 49.8 Å². The Bertz CT molecular complexity index is 1050. The average molecular weight is 582 g/mol. The van der Waals surface area contributed by atoms with Gasteiger partial charge in [-0.15, -0.1) is 0 Å². The number of hydrogen-bond acceptors (Lipinski definition) is 5. The van der Waals surface area contributed by atoms with Gasteiger partial charge in [-0.05, 0) is 67.1 Å². The van der Waals surface area contributed by atoms with Crippen LogP contribution < -0.4 is 10.1 Å². The summed E-state index contributed by atoms with van der Waals surface area (Å²) in [4.78, 5) is 31.0. The fourth-order valence-corrected chi connectivity index (χ4v) is 7.71. The molecule has 1 aromatic rings. The normalized spacial score (nSPS) is 27.4. The van der Waals surface area contributed by atoms with Crippen molar-refractivity contribution in [1.29, 1.82) is 0 Å². The van der Waals surface area contributed by atoms with Crippen LogP contribution in [-0.2, 0) is 20.6 Å². The van der Waals surface area contributed by atoms with Crippen LogP contribution in [0.4, 0.5) is 4.79 Å². The molecule has 5 fully saturated rings. The highest BCUT2D eigenvalue weighted by Gasteiger charge is 2.61. The van der Waals surface area contributed by atoms with E-state index in [0.717, 1.165) is 37.0 Å². The Morgan fingerprint density at radius 3 is 2.52 bits per heavy atom. The molecule has 2 saturated heterocycles. The van der Waals surface area contributed by atoms with Crippen LogP contribution in [0.15, 0.2) is 24.3 Å². The fourth-order valence-electron chi connectivity index (χ4n) is 7.71. The smallest absolute Gasteiger partial charge is 0.478 e. The number of carbonyl (C=O) groups is 2. The van der Waals surface area contributed by atoms with Crippen molar-refractivity contribution in [3.8, 4) is 5.75 Å². The molecule has 3 amide bonds. The predicted molar refractivity (Wildman–Crippen MR) is 165 cm³/mol.